The standard InChI is InChI=1S/C14H21NO4/c1-13(2,3)19-12(16)15-8-14(9-15)10-17-6-4-5-7-18-11-14/h6-11H2,1-3H3. The van der Waals surface area contributed by atoms with Crippen LogP contribution in [0.5, 0.6) is 0 Å². The Kier molecular flexibility index (Phi) is 4.02. The van der Waals surface area contributed by atoms with Gasteiger partial charge < -0.3 is 19.1 Å². The molecule has 0 aliphatic carbocycles. The second-order valence-electron chi connectivity index (χ2n) is 6.18. The molecule has 0 saturated carbocycles. The molecule has 2 heterocycles. The van der Waals surface area contributed by atoms with Crippen molar-refractivity contribution in [3.8, 4) is 11.8 Å². The van der Waals surface area contributed by atoms with Crippen LogP contribution in [0, 0.1) is 17.3 Å². The lowest BCUT2D eigenvalue weighted by molar-refractivity contribution is -0.100. The van der Waals surface area contributed by atoms with Crippen LogP contribution in [0.3, 0.4) is 0 Å². The monoisotopic (exact) mass is 267 g/mol. The fourth-order valence-electron chi connectivity index (χ4n) is 2.18. The number of hydrogen-bond donors (Lipinski definition) is 0. The highest BCUT2D eigenvalue weighted by molar-refractivity contribution is 5.69. The molecule has 19 heavy (non-hydrogen) atoms. The van der Waals surface area contributed by atoms with E-state index in [2.05, 4.69) is 11.8 Å². The Hall–Kier alpha value is -1.25. The molecule has 2 aliphatic rings. The van der Waals surface area contributed by atoms with Crippen molar-refractivity contribution in [1.82, 2.24) is 4.90 Å². The van der Waals surface area contributed by atoms with E-state index < -0.39 is 5.60 Å². The van der Waals surface area contributed by atoms with Crippen LogP contribution in [0.4, 0.5) is 4.79 Å². The fourth-order valence-corrected chi connectivity index (χ4v) is 2.18. The molecule has 2 rings (SSSR count). The topological polar surface area (TPSA) is 48.0 Å². The Morgan fingerprint density at radius 3 is 2.16 bits per heavy atom. The maximum Gasteiger partial charge on any atom is 0.410 e. The van der Waals surface area contributed by atoms with Gasteiger partial charge in [0.05, 0.1) is 18.6 Å². The lowest BCUT2D eigenvalue weighted by Gasteiger charge is -2.49. The van der Waals surface area contributed by atoms with Crippen molar-refractivity contribution in [2.45, 2.75) is 26.4 Å². The molecule has 0 N–H and O–H groups in total. The molecule has 0 aromatic heterocycles. The number of carbonyl (C=O) groups is 1. The van der Waals surface area contributed by atoms with E-state index in [1.54, 1.807) is 4.90 Å². The van der Waals surface area contributed by atoms with Gasteiger partial charge in [0, 0.05) is 13.1 Å². The van der Waals surface area contributed by atoms with E-state index in [4.69, 9.17) is 14.2 Å². The minimum atomic E-state index is -0.459. The third-order valence-corrected chi connectivity index (χ3v) is 2.99. The molecule has 1 fully saturated rings. The Bertz CT molecular complexity index is 380. The van der Waals surface area contributed by atoms with Crippen molar-refractivity contribution in [2.75, 3.05) is 39.5 Å². The second kappa shape index (κ2) is 5.40. The fraction of sp³-hybridized carbons (Fsp3) is 0.786. The lowest BCUT2D eigenvalue weighted by atomic mass is 9.81. The first-order valence-electron chi connectivity index (χ1n) is 6.49. The van der Waals surface area contributed by atoms with E-state index >= 15 is 0 Å². The second-order valence-corrected chi connectivity index (χ2v) is 6.18. The number of ether oxygens (including phenoxy) is 3. The van der Waals surface area contributed by atoms with Crippen LogP contribution < -0.4 is 0 Å². The minimum absolute atomic E-state index is 0.107. The molecule has 106 valence electrons. The third-order valence-electron chi connectivity index (χ3n) is 2.99. The molecular formula is C14H21NO4. The van der Waals surface area contributed by atoms with Gasteiger partial charge in [0.25, 0.3) is 0 Å². The van der Waals surface area contributed by atoms with Gasteiger partial charge >= 0.3 is 6.09 Å². The summed E-state index contributed by atoms with van der Waals surface area (Å²) in [6.45, 7) is 8.82. The van der Waals surface area contributed by atoms with E-state index in [1.807, 2.05) is 20.8 Å². The molecule has 0 unspecified atom stereocenters. The van der Waals surface area contributed by atoms with Gasteiger partial charge in [-0.15, -0.1) is 0 Å². The van der Waals surface area contributed by atoms with Crippen molar-refractivity contribution in [1.29, 1.82) is 0 Å². The zero-order valence-electron chi connectivity index (χ0n) is 11.8. The smallest absolute Gasteiger partial charge is 0.410 e. The predicted molar refractivity (Wildman–Crippen MR) is 69.7 cm³/mol. The highest BCUT2D eigenvalue weighted by atomic mass is 16.6. The first-order chi connectivity index (χ1) is 8.90. The number of carbonyl (C=O) groups excluding carboxylic acids is 1. The summed E-state index contributed by atoms with van der Waals surface area (Å²) in [5.74, 6) is 5.75. The largest absolute Gasteiger partial charge is 0.444 e. The molecule has 1 spiro atoms. The SMILES string of the molecule is CC(C)(C)OC(=O)N1CC2(COCC#CCOC2)C1. The molecule has 0 aromatic rings. The van der Waals surface area contributed by atoms with Gasteiger partial charge in [0.2, 0.25) is 0 Å². The van der Waals surface area contributed by atoms with E-state index in [-0.39, 0.29) is 11.5 Å². The third kappa shape index (κ3) is 3.85. The summed E-state index contributed by atoms with van der Waals surface area (Å²) in [5, 5.41) is 0. The Morgan fingerprint density at radius 2 is 1.68 bits per heavy atom. The average Bonchev–Trinajstić information content (AvgIpc) is 2.35. The first kappa shape index (κ1) is 14.2. The summed E-state index contributed by atoms with van der Waals surface area (Å²) in [6, 6.07) is 0. The zero-order chi connectivity index (χ0) is 13.9. The molecule has 0 aromatic carbocycles. The van der Waals surface area contributed by atoms with Crippen LogP contribution in [0.15, 0.2) is 0 Å². The summed E-state index contributed by atoms with van der Waals surface area (Å²) < 4.78 is 16.4. The quantitative estimate of drug-likeness (QED) is 0.620. The number of likely N-dealkylation sites (tertiary alicyclic amines) is 1. The number of amides is 1. The molecule has 5 heteroatoms. The molecular weight excluding hydrogens is 246 g/mol. The first-order valence-corrected chi connectivity index (χ1v) is 6.49. The van der Waals surface area contributed by atoms with Gasteiger partial charge in [0.15, 0.2) is 0 Å². The van der Waals surface area contributed by atoms with Gasteiger partial charge in [-0.05, 0) is 20.8 Å². The maximum absolute atomic E-state index is 11.9. The summed E-state index contributed by atoms with van der Waals surface area (Å²) in [7, 11) is 0. The van der Waals surface area contributed by atoms with Gasteiger partial charge in [-0.3, -0.25) is 0 Å². The Labute approximate surface area is 114 Å². The number of rotatable bonds is 0. The van der Waals surface area contributed by atoms with Crippen LogP contribution in [0.1, 0.15) is 20.8 Å². The highest BCUT2D eigenvalue weighted by Crippen LogP contribution is 2.32. The summed E-state index contributed by atoms with van der Waals surface area (Å²) in [4.78, 5) is 13.6. The summed E-state index contributed by atoms with van der Waals surface area (Å²) in [6.07, 6.45) is -0.269. The van der Waals surface area contributed by atoms with Crippen molar-refractivity contribution < 1.29 is 19.0 Å². The van der Waals surface area contributed by atoms with E-state index in [0.29, 0.717) is 39.5 Å². The molecule has 0 radical (unpaired) electrons. The van der Waals surface area contributed by atoms with Gasteiger partial charge in [-0.2, -0.15) is 0 Å². The molecule has 1 saturated heterocycles. The van der Waals surface area contributed by atoms with E-state index in [1.165, 1.54) is 0 Å². The van der Waals surface area contributed by atoms with Crippen molar-refractivity contribution in [2.24, 2.45) is 5.41 Å². The number of nitrogens with zero attached hydrogens (tertiary/aromatic N) is 1. The van der Waals surface area contributed by atoms with Crippen LogP contribution in [0.2, 0.25) is 0 Å². The van der Waals surface area contributed by atoms with Crippen LogP contribution in [-0.4, -0.2) is 56.1 Å². The molecule has 5 nitrogen and oxygen atoms in total. The summed E-state index contributed by atoms with van der Waals surface area (Å²) in [5.41, 5.74) is -0.566. The Morgan fingerprint density at radius 1 is 1.16 bits per heavy atom. The van der Waals surface area contributed by atoms with Gasteiger partial charge in [-0.1, -0.05) is 11.8 Å². The average molecular weight is 267 g/mol. The van der Waals surface area contributed by atoms with Crippen LogP contribution >= 0.6 is 0 Å². The molecule has 2 aliphatic heterocycles. The number of hydrogen-bond acceptors (Lipinski definition) is 4. The summed E-state index contributed by atoms with van der Waals surface area (Å²) >= 11 is 0. The molecule has 1 amide bonds. The highest BCUT2D eigenvalue weighted by Gasteiger charge is 2.47. The van der Waals surface area contributed by atoms with Crippen molar-refractivity contribution in [3.63, 3.8) is 0 Å². The van der Waals surface area contributed by atoms with E-state index in [9.17, 15) is 4.79 Å². The molecule has 0 atom stereocenters. The van der Waals surface area contributed by atoms with Crippen LogP contribution in [0.25, 0.3) is 0 Å². The minimum Gasteiger partial charge on any atom is -0.444 e. The zero-order valence-corrected chi connectivity index (χ0v) is 11.8. The predicted octanol–water partition coefficient (Wildman–Crippen LogP) is 1.27. The molecule has 0 bridgehead atoms. The van der Waals surface area contributed by atoms with Crippen LogP contribution in [-0.2, 0) is 14.2 Å². The van der Waals surface area contributed by atoms with E-state index in [0.717, 1.165) is 0 Å². The lowest BCUT2D eigenvalue weighted by Crippen LogP contribution is -2.63. The van der Waals surface area contributed by atoms with Crippen molar-refractivity contribution in [3.05, 3.63) is 0 Å². The van der Waals surface area contributed by atoms with Gasteiger partial charge in [-0.25, -0.2) is 4.79 Å². The Balaban J connectivity index is 1.84. The van der Waals surface area contributed by atoms with Crippen molar-refractivity contribution >= 4 is 6.09 Å². The normalized spacial score (nSPS) is 22.4. The maximum atomic E-state index is 11.9. The van der Waals surface area contributed by atoms with Gasteiger partial charge in [0.1, 0.15) is 18.8 Å².